The first-order valence-electron chi connectivity index (χ1n) is 9.43. The minimum atomic E-state index is -1.16. The summed E-state index contributed by atoms with van der Waals surface area (Å²) in [5.74, 6) is -1.19. The van der Waals surface area contributed by atoms with Gasteiger partial charge in [-0.2, -0.15) is 5.10 Å². The lowest BCUT2D eigenvalue weighted by atomic mass is 10.1. The third-order valence-electron chi connectivity index (χ3n) is 4.94. The fraction of sp³-hybridized carbons (Fsp3) is 0.286. The summed E-state index contributed by atoms with van der Waals surface area (Å²) in [6.07, 6.45) is 0. The number of rotatable bonds is 5. The number of hydrogen-bond donors (Lipinski definition) is 1. The van der Waals surface area contributed by atoms with Gasteiger partial charge in [0.15, 0.2) is 34.6 Å². The quantitative estimate of drug-likeness (QED) is 0.459. The lowest BCUT2D eigenvalue weighted by Crippen LogP contribution is -2.30. The molecule has 1 N–H and O–H groups in total. The maximum Gasteiger partial charge on any atom is 0.192 e. The molecule has 2 aromatic heterocycles. The summed E-state index contributed by atoms with van der Waals surface area (Å²) < 4.78 is 36.1. The SMILES string of the molecule is CCn1c(-c2ccc3[nH]nc(C)c3c2)nnc1C(C)(C)Oc1c(F)cc(Cl)cc1F. The second-order valence-corrected chi connectivity index (χ2v) is 7.91. The monoisotopic (exact) mass is 431 g/mol. The predicted molar refractivity (Wildman–Crippen MR) is 111 cm³/mol. The largest absolute Gasteiger partial charge is 0.474 e. The zero-order valence-electron chi connectivity index (χ0n) is 16.9. The van der Waals surface area contributed by atoms with Crippen molar-refractivity contribution in [2.24, 2.45) is 0 Å². The van der Waals surface area contributed by atoms with Crippen LogP contribution in [0.15, 0.2) is 30.3 Å². The number of halogens is 3. The molecule has 0 spiro atoms. The van der Waals surface area contributed by atoms with Gasteiger partial charge in [-0.15, -0.1) is 10.2 Å². The van der Waals surface area contributed by atoms with Crippen LogP contribution in [0.4, 0.5) is 8.78 Å². The summed E-state index contributed by atoms with van der Waals surface area (Å²) in [5.41, 5.74) is 1.50. The molecule has 9 heteroatoms. The summed E-state index contributed by atoms with van der Waals surface area (Å²) in [6.45, 7) is 7.77. The number of aromatic nitrogens is 5. The normalized spacial score (nSPS) is 12.0. The van der Waals surface area contributed by atoms with Gasteiger partial charge in [0.25, 0.3) is 0 Å². The van der Waals surface area contributed by atoms with Gasteiger partial charge in [0, 0.05) is 22.5 Å². The van der Waals surface area contributed by atoms with Gasteiger partial charge >= 0.3 is 0 Å². The Hall–Kier alpha value is -3.00. The van der Waals surface area contributed by atoms with Crippen molar-refractivity contribution in [2.75, 3.05) is 0 Å². The van der Waals surface area contributed by atoms with Crippen LogP contribution >= 0.6 is 11.6 Å². The topological polar surface area (TPSA) is 68.6 Å². The number of aryl methyl sites for hydroxylation is 1. The Kier molecular flexibility index (Phi) is 4.97. The van der Waals surface area contributed by atoms with Crippen LogP contribution in [0.1, 0.15) is 32.3 Å². The van der Waals surface area contributed by atoms with Crippen molar-refractivity contribution in [1.82, 2.24) is 25.0 Å². The molecule has 0 aliphatic heterocycles. The summed E-state index contributed by atoms with van der Waals surface area (Å²) in [7, 11) is 0. The molecule has 2 heterocycles. The minimum Gasteiger partial charge on any atom is -0.474 e. The van der Waals surface area contributed by atoms with Crippen molar-refractivity contribution < 1.29 is 13.5 Å². The molecule has 6 nitrogen and oxygen atoms in total. The van der Waals surface area contributed by atoms with Gasteiger partial charge < -0.3 is 9.30 Å². The first kappa shape index (κ1) is 20.3. The summed E-state index contributed by atoms with van der Waals surface area (Å²) in [5, 5.41) is 16.8. The average Bonchev–Trinajstić information content (AvgIpc) is 3.28. The molecule has 0 saturated carbocycles. The summed E-state index contributed by atoms with van der Waals surface area (Å²) in [6, 6.07) is 7.86. The number of benzene rings is 2. The van der Waals surface area contributed by atoms with Crippen LogP contribution in [0.25, 0.3) is 22.3 Å². The Morgan fingerprint density at radius 3 is 2.50 bits per heavy atom. The minimum absolute atomic E-state index is 0.0425. The third kappa shape index (κ3) is 3.41. The number of nitrogens with zero attached hydrogens (tertiary/aromatic N) is 4. The van der Waals surface area contributed by atoms with E-state index in [4.69, 9.17) is 16.3 Å². The van der Waals surface area contributed by atoms with E-state index in [-0.39, 0.29) is 5.02 Å². The maximum atomic E-state index is 14.3. The molecule has 0 unspecified atom stereocenters. The third-order valence-corrected chi connectivity index (χ3v) is 5.16. The van der Waals surface area contributed by atoms with E-state index in [0.717, 1.165) is 34.3 Å². The lowest BCUT2D eigenvalue weighted by Gasteiger charge is -2.26. The van der Waals surface area contributed by atoms with E-state index in [0.29, 0.717) is 18.2 Å². The highest BCUT2D eigenvalue weighted by Crippen LogP contribution is 2.34. The van der Waals surface area contributed by atoms with E-state index < -0.39 is 23.0 Å². The number of nitrogens with one attached hydrogen (secondary N) is 1. The molecule has 0 fully saturated rings. The van der Waals surface area contributed by atoms with E-state index in [9.17, 15) is 8.78 Å². The Balaban J connectivity index is 1.76. The predicted octanol–water partition coefficient (Wildman–Crippen LogP) is 5.40. The van der Waals surface area contributed by atoms with E-state index in [2.05, 4.69) is 20.4 Å². The number of ether oxygens (including phenoxy) is 1. The molecule has 4 aromatic rings. The number of hydrogen-bond acceptors (Lipinski definition) is 4. The van der Waals surface area contributed by atoms with Crippen LogP contribution in [0.2, 0.25) is 5.02 Å². The van der Waals surface area contributed by atoms with E-state index in [1.54, 1.807) is 13.8 Å². The molecule has 0 radical (unpaired) electrons. The second kappa shape index (κ2) is 7.36. The Bertz CT molecular complexity index is 1220. The van der Waals surface area contributed by atoms with Crippen LogP contribution in [0, 0.1) is 18.6 Å². The summed E-state index contributed by atoms with van der Waals surface area (Å²) in [4.78, 5) is 0. The van der Waals surface area contributed by atoms with Gasteiger partial charge in [-0.05, 0) is 58.0 Å². The van der Waals surface area contributed by atoms with Gasteiger partial charge in [-0.25, -0.2) is 8.78 Å². The number of H-pyrrole nitrogens is 1. The molecule has 0 bridgehead atoms. The van der Waals surface area contributed by atoms with E-state index in [1.165, 1.54) is 0 Å². The first-order chi connectivity index (χ1) is 14.2. The highest BCUT2D eigenvalue weighted by molar-refractivity contribution is 6.30. The zero-order chi connectivity index (χ0) is 21.6. The van der Waals surface area contributed by atoms with Crippen molar-refractivity contribution in [3.05, 3.63) is 58.5 Å². The van der Waals surface area contributed by atoms with Crippen LogP contribution in [-0.4, -0.2) is 25.0 Å². The molecule has 156 valence electrons. The van der Waals surface area contributed by atoms with Crippen molar-refractivity contribution >= 4 is 22.5 Å². The highest BCUT2D eigenvalue weighted by atomic mass is 35.5. The molecule has 0 aliphatic carbocycles. The Morgan fingerprint density at radius 1 is 1.13 bits per heavy atom. The van der Waals surface area contributed by atoms with Crippen molar-refractivity contribution in [3.8, 4) is 17.1 Å². The highest BCUT2D eigenvalue weighted by Gasteiger charge is 2.33. The molecule has 0 saturated heterocycles. The van der Waals surface area contributed by atoms with Gasteiger partial charge in [-0.1, -0.05) is 11.6 Å². The molecule has 4 rings (SSSR count). The Morgan fingerprint density at radius 2 is 1.83 bits per heavy atom. The zero-order valence-corrected chi connectivity index (χ0v) is 17.7. The smallest absolute Gasteiger partial charge is 0.192 e. The van der Waals surface area contributed by atoms with E-state index in [1.807, 2.05) is 36.6 Å². The number of fused-ring (bicyclic) bond motifs is 1. The molecular weight excluding hydrogens is 412 g/mol. The fourth-order valence-electron chi connectivity index (χ4n) is 3.47. The van der Waals surface area contributed by atoms with Crippen molar-refractivity contribution in [2.45, 2.75) is 39.8 Å². The molecular formula is C21H20ClF2N5O. The van der Waals surface area contributed by atoms with Crippen molar-refractivity contribution in [3.63, 3.8) is 0 Å². The average molecular weight is 432 g/mol. The molecule has 30 heavy (non-hydrogen) atoms. The fourth-order valence-corrected chi connectivity index (χ4v) is 3.66. The summed E-state index contributed by atoms with van der Waals surface area (Å²) >= 11 is 5.70. The van der Waals surface area contributed by atoms with Gasteiger partial charge in [-0.3, -0.25) is 5.10 Å². The first-order valence-corrected chi connectivity index (χ1v) is 9.81. The molecule has 2 aromatic carbocycles. The second-order valence-electron chi connectivity index (χ2n) is 7.47. The van der Waals surface area contributed by atoms with Gasteiger partial charge in [0.2, 0.25) is 0 Å². The van der Waals surface area contributed by atoms with Gasteiger partial charge in [0.1, 0.15) is 0 Å². The Labute approximate surface area is 176 Å². The lowest BCUT2D eigenvalue weighted by molar-refractivity contribution is 0.0827. The van der Waals surface area contributed by atoms with E-state index >= 15 is 0 Å². The van der Waals surface area contributed by atoms with Crippen molar-refractivity contribution in [1.29, 1.82) is 0 Å². The number of aromatic amines is 1. The molecule has 0 aliphatic rings. The van der Waals surface area contributed by atoms with Crippen LogP contribution in [0.3, 0.4) is 0 Å². The molecule has 0 amide bonds. The molecule has 0 atom stereocenters. The standard InChI is InChI=1S/C21H20ClF2N5O/c1-5-29-19(12-6-7-17-14(8-12)11(2)25-26-17)27-28-20(29)21(3,4)30-18-15(23)9-13(22)10-16(18)24/h6-10H,5H2,1-4H3,(H,25,26). The van der Waals surface area contributed by atoms with Crippen LogP contribution in [0.5, 0.6) is 5.75 Å². The van der Waals surface area contributed by atoms with Gasteiger partial charge in [0.05, 0.1) is 11.2 Å². The van der Waals surface area contributed by atoms with Crippen LogP contribution in [-0.2, 0) is 12.1 Å². The van der Waals surface area contributed by atoms with Crippen LogP contribution < -0.4 is 4.74 Å². The maximum absolute atomic E-state index is 14.3.